The monoisotopic (exact) mass is 482 g/mol. The van der Waals surface area contributed by atoms with E-state index in [1.54, 1.807) is 24.3 Å². The first kappa shape index (κ1) is 22.9. The van der Waals surface area contributed by atoms with Crippen LogP contribution in [0.25, 0.3) is 0 Å². The molecular weight excluding hydrogens is 464 g/mol. The average Bonchev–Trinajstić information content (AvgIpc) is 3.23. The summed E-state index contributed by atoms with van der Waals surface area (Å²) in [5.74, 6) is -2.59. The number of ether oxygens (including phenoxy) is 1. The average molecular weight is 482 g/mol. The highest BCUT2D eigenvalue weighted by molar-refractivity contribution is 6.28. The van der Waals surface area contributed by atoms with Gasteiger partial charge in [0.25, 0.3) is 5.91 Å². The molecule has 9 heteroatoms. The van der Waals surface area contributed by atoms with Crippen LogP contribution in [0.5, 0.6) is 0 Å². The summed E-state index contributed by atoms with van der Waals surface area (Å²) in [6.45, 7) is -0.587. The summed E-state index contributed by atoms with van der Waals surface area (Å²) >= 11 is 0. The molecule has 0 bridgehead atoms. The molecule has 3 aromatic rings. The number of rotatable bonds is 5. The molecule has 1 aliphatic heterocycles. The van der Waals surface area contributed by atoms with Gasteiger partial charge in [0.15, 0.2) is 18.2 Å². The minimum absolute atomic E-state index is 0.141. The number of carbonyl (C=O) groups excluding carboxylic acids is 6. The molecule has 1 heterocycles. The largest absolute Gasteiger partial charge is 0.452 e. The van der Waals surface area contributed by atoms with E-state index in [1.165, 1.54) is 42.5 Å². The first-order valence-corrected chi connectivity index (χ1v) is 11.1. The topological polar surface area (TPSA) is 127 Å². The van der Waals surface area contributed by atoms with Crippen LogP contribution in [0.4, 0.5) is 11.4 Å². The first-order chi connectivity index (χ1) is 17.3. The highest BCUT2D eigenvalue weighted by Gasteiger charge is 2.31. The van der Waals surface area contributed by atoms with Gasteiger partial charge < -0.3 is 10.1 Å². The van der Waals surface area contributed by atoms with Crippen LogP contribution in [0.2, 0.25) is 0 Å². The van der Waals surface area contributed by atoms with E-state index in [4.69, 9.17) is 4.74 Å². The van der Waals surface area contributed by atoms with E-state index in [2.05, 4.69) is 5.32 Å². The lowest BCUT2D eigenvalue weighted by atomic mass is 9.84. The fourth-order valence-electron chi connectivity index (χ4n) is 4.20. The number of benzene rings is 3. The number of ketones is 2. The Hall–Kier alpha value is -4.92. The van der Waals surface area contributed by atoms with Gasteiger partial charge in [-0.1, -0.05) is 24.3 Å². The standard InChI is InChI=1S/C27H18N2O7/c30-22(14-36-27(35)15-5-8-17(9-6-15)29-23(31)11-12-24(29)32)28-16-7-10-20-21(13-16)26(34)19-4-2-1-3-18(19)25(20)33/h1-10,13H,11-12,14H2,(H,28,30). The van der Waals surface area contributed by atoms with E-state index >= 15 is 0 Å². The zero-order chi connectivity index (χ0) is 25.4. The van der Waals surface area contributed by atoms with Crippen molar-refractivity contribution < 1.29 is 33.5 Å². The highest BCUT2D eigenvalue weighted by Crippen LogP contribution is 2.29. The van der Waals surface area contributed by atoms with Gasteiger partial charge in [0.2, 0.25) is 11.8 Å². The highest BCUT2D eigenvalue weighted by atomic mass is 16.5. The van der Waals surface area contributed by atoms with Gasteiger partial charge in [0.05, 0.1) is 11.3 Å². The molecule has 1 N–H and O–H groups in total. The fraction of sp³-hybridized carbons (Fsp3) is 0.111. The predicted octanol–water partition coefficient (Wildman–Crippen LogP) is 2.91. The zero-order valence-corrected chi connectivity index (χ0v) is 18.8. The number of carbonyl (C=O) groups is 6. The molecule has 1 fully saturated rings. The Labute approximate surface area is 204 Å². The second-order valence-electron chi connectivity index (χ2n) is 8.26. The molecule has 1 saturated heterocycles. The molecule has 3 amide bonds. The molecule has 9 nitrogen and oxygen atoms in total. The molecule has 1 aliphatic carbocycles. The lowest BCUT2D eigenvalue weighted by Gasteiger charge is -2.18. The molecule has 0 unspecified atom stereocenters. The number of amides is 3. The molecule has 0 aromatic heterocycles. The second-order valence-corrected chi connectivity index (χ2v) is 8.26. The molecule has 0 atom stereocenters. The van der Waals surface area contributed by atoms with Gasteiger partial charge in [-0.25, -0.2) is 4.79 Å². The van der Waals surface area contributed by atoms with Gasteiger partial charge in [-0.15, -0.1) is 0 Å². The predicted molar refractivity (Wildman–Crippen MR) is 127 cm³/mol. The molecule has 178 valence electrons. The summed E-state index contributed by atoms with van der Waals surface area (Å²) < 4.78 is 5.05. The quantitative estimate of drug-likeness (QED) is 0.342. The third-order valence-corrected chi connectivity index (χ3v) is 5.96. The van der Waals surface area contributed by atoms with E-state index in [9.17, 15) is 28.8 Å². The van der Waals surface area contributed by atoms with Crippen molar-refractivity contribution >= 4 is 46.6 Å². The molecule has 5 rings (SSSR count). The summed E-state index contributed by atoms with van der Waals surface area (Å²) in [5, 5.41) is 2.55. The number of anilines is 2. The maximum Gasteiger partial charge on any atom is 0.338 e. The minimum Gasteiger partial charge on any atom is -0.452 e. The van der Waals surface area contributed by atoms with Gasteiger partial charge in [-0.2, -0.15) is 0 Å². The van der Waals surface area contributed by atoms with Crippen LogP contribution in [0.15, 0.2) is 66.7 Å². The summed E-state index contributed by atoms with van der Waals surface area (Å²) in [6.07, 6.45) is 0.305. The van der Waals surface area contributed by atoms with Crippen LogP contribution in [-0.4, -0.2) is 41.9 Å². The summed E-state index contributed by atoms with van der Waals surface area (Å²) in [7, 11) is 0. The Morgan fingerprint density at radius 2 is 1.33 bits per heavy atom. The smallest absolute Gasteiger partial charge is 0.338 e. The molecule has 3 aromatic carbocycles. The molecule has 2 aliphatic rings. The number of hydrogen-bond acceptors (Lipinski definition) is 7. The van der Waals surface area contributed by atoms with E-state index in [0.717, 1.165) is 4.90 Å². The number of nitrogens with one attached hydrogen (secondary N) is 1. The van der Waals surface area contributed by atoms with Crippen molar-refractivity contribution in [1.82, 2.24) is 0 Å². The van der Waals surface area contributed by atoms with E-state index < -0.39 is 18.5 Å². The van der Waals surface area contributed by atoms with Crippen molar-refractivity contribution in [1.29, 1.82) is 0 Å². The Morgan fingerprint density at radius 1 is 0.750 bits per heavy atom. The maximum absolute atomic E-state index is 12.8. The minimum atomic E-state index is -0.765. The van der Waals surface area contributed by atoms with E-state index in [-0.39, 0.29) is 58.6 Å². The van der Waals surface area contributed by atoms with Crippen molar-refractivity contribution in [3.05, 3.63) is 94.5 Å². The van der Waals surface area contributed by atoms with Crippen molar-refractivity contribution in [3.63, 3.8) is 0 Å². The van der Waals surface area contributed by atoms with Crippen LogP contribution in [0, 0.1) is 0 Å². The zero-order valence-electron chi connectivity index (χ0n) is 18.8. The summed E-state index contributed by atoms with van der Waals surface area (Å²) in [4.78, 5) is 74.9. The van der Waals surface area contributed by atoms with Crippen molar-refractivity contribution in [2.45, 2.75) is 12.8 Å². The number of esters is 1. The van der Waals surface area contributed by atoms with Crippen molar-refractivity contribution in [2.24, 2.45) is 0 Å². The molecule has 0 saturated carbocycles. The lowest BCUT2D eigenvalue weighted by molar-refractivity contribution is -0.121. The van der Waals surface area contributed by atoms with Crippen LogP contribution < -0.4 is 10.2 Å². The molecular formula is C27H18N2O7. The van der Waals surface area contributed by atoms with E-state index in [0.29, 0.717) is 16.8 Å². The van der Waals surface area contributed by atoms with E-state index in [1.807, 2.05) is 0 Å². The number of fused-ring (bicyclic) bond motifs is 2. The van der Waals surface area contributed by atoms with Crippen LogP contribution >= 0.6 is 0 Å². The number of nitrogens with zero attached hydrogens (tertiary/aromatic N) is 1. The maximum atomic E-state index is 12.8. The number of hydrogen-bond donors (Lipinski definition) is 1. The van der Waals surface area contributed by atoms with Gasteiger partial charge in [-0.3, -0.25) is 28.9 Å². The normalized spacial score (nSPS) is 14.4. The third kappa shape index (κ3) is 4.07. The SMILES string of the molecule is O=C(COC(=O)c1ccc(N2C(=O)CCC2=O)cc1)Nc1ccc2c(c1)C(=O)c1ccccc1C2=O. The Balaban J connectivity index is 1.21. The van der Waals surface area contributed by atoms with Crippen LogP contribution in [-0.2, 0) is 19.1 Å². The Kier molecular flexibility index (Phi) is 5.73. The first-order valence-electron chi connectivity index (χ1n) is 11.1. The number of imide groups is 1. The van der Waals surface area contributed by atoms with Gasteiger partial charge in [0, 0.05) is 40.8 Å². The summed E-state index contributed by atoms with van der Waals surface area (Å²) in [6, 6.07) is 16.7. The molecule has 36 heavy (non-hydrogen) atoms. The lowest BCUT2D eigenvalue weighted by Crippen LogP contribution is -2.28. The summed E-state index contributed by atoms with van der Waals surface area (Å²) in [5.41, 5.74) is 1.86. The molecule has 0 spiro atoms. The Bertz CT molecular complexity index is 1460. The van der Waals surface area contributed by atoms with Gasteiger partial charge in [0.1, 0.15) is 0 Å². The third-order valence-electron chi connectivity index (χ3n) is 5.96. The van der Waals surface area contributed by atoms with Gasteiger partial charge >= 0.3 is 5.97 Å². The Morgan fingerprint density at radius 3 is 1.97 bits per heavy atom. The molecule has 0 radical (unpaired) electrons. The fourth-order valence-corrected chi connectivity index (χ4v) is 4.20. The van der Waals surface area contributed by atoms with Gasteiger partial charge in [-0.05, 0) is 42.5 Å². The second kappa shape index (κ2) is 9.03. The van der Waals surface area contributed by atoms with Crippen molar-refractivity contribution in [2.75, 3.05) is 16.8 Å². The van der Waals surface area contributed by atoms with Crippen LogP contribution in [0.1, 0.15) is 55.0 Å². The van der Waals surface area contributed by atoms with Crippen LogP contribution in [0.3, 0.4) is 0 Å². The van der Waals surface area contributed by atoms with Crippen molar-refractivity contribution in [3.8, 4) is 0 Å².